The highest BCUT2D eigenvalue weighted by Crippen LogP contribution is 2.16. The average Bonchev–Trinajstić information content (AvgIpc) is 2.34. The van der Waals surface area contributed by atoms with E-state index in [0.29, 0.717) is 0 Å². The zero-order valence-electron chi connectivity index (χ0n) is 9.49. The highest BCUT2D eigenvalue weighted by Gasteiger charge is 1.96. The Morgan fingerprint density at radius 2 is 1.75 bits per heavy atom. The summed E-state index contributed by atoms with van der Waals surface area (Å²) >= 11 is 0. The molecule has 2 rings (SSSR count). The van der Waals surface area contributed by atoms with Crippen molar-refractivity contribution in [3.05, 3.63) is 55.1 Å². The van der Waals surface area contributed by atoms with Crippen LogP contribution in [-0.2, 0) is 11.2 Å². The maximum atomic E-state index is 4.80. The van der Waals surface area contributed by atoms with Gasteiger partial charge in [-0.15, -0.1) is 0 Å². The minimum absolute atomic E-state index is 0.758. The van der Waals surface area contributed by atoms with Crippen LogP contribution in [0.3, 0.4) is 0 Å². The number of hydrogen-bond donors (Lipinski definition) is 0. The van der Waals surface area contributed by atoms with E-state index in [4.69, 9.17) is 4.74 Å². The van der Waals surface area contributed by atoms with Crippen molar-refractivity contribution in [3.8, 4) is 0 Å². The number of rotatable bonds is 5. The van der Waals surface area contributed by atoms with Crippen LogP contribution in [-0.4, -0.2) is 6.61 Å². The Bertz CT molecular complexity index is 448. The van der Waals surface area contributed by atoms with E-state index in [0.717, 1.165) is 25.9 Å². The molecule has 0 aliphatic rings. The minimum Gasteiger partial charge on any atom is -0.379 e. The summed E-state index contributed by atoms with van der Waals surface area (Å²) in [6.07, 6.45) is 3.36. The van der Waals surface area contributed by atoms with Crippen LogP contribution in [0, 0.1) is 7.11 Å². The molecule has 0 spiro atoms. The molecule has 1 heteroatoms. The first-order chi connectivity index (χ1) is 7.90. The van der Waals surface area contributed by atoms with E-state index in [1.165, 1.54) is 16.3 Å². The number of hydrogen-bond acceptors (Lipinski definition) is 1. The van der Waals surface area contributed by atoms with Gasteiger partial charge in [-0.3, -0.25) is 0 Å². The first-order valence-electron chi connectivity index (χ1n) is 5.75. The lowest BCUT2D eigenvalue weighted by Gasteiger charge is -2.03. The highest BCUT2D eigenvalue weighted by atomic mass is 16.5. The van der Waals surface area contributed by atoms with Crippen LogP contribution >= 0.6 is 0 Å². The van der Waals surface area contributed by atoms with Crippen molar-refractivity contribution < 1.29 is 4.74 Å². The van der Waals surface area contributed by atoms with Gasteiger partial charge in [-0.1, -0.05) is 42.5 Å². The highest BCUT2D eigenvalue weighted by molar-refractivity contribution is 5.82. The van der Waals surface area contributed by atoms with Crippen LogP contribution < -0.4 is 0 Å². The molecular formula is C15H17O. The van der Waals surface area contributed by atoms with Gasteiger partial charge in [0, 0.05) is 6.61 Å². The summed E-state index contributed by atoms with van der Waals surface area (Å²) in [4.78, 5) is 0. The van der Waals surface area contributed by atoms with E-state index in [1.54, 1.807) is 0 Å². The Hall–Kier alpha value is -1.34. The Morgan fingerprint density at radius 3 is 2.56 bits per heavy atom. The molecule has 0 saturated carbocycles. The summed E-state index contributed by atoms with van der Waals surface area (Å²) in [5.74, 6) is 0. The van der Waals surface area contributed by atoms with Gasteiger partial charge in [-0.2, -0.15) is 0 Å². The van der Waals surface area contributed by atoms with E-state index in [1.807, 2.05) is 0 Å². The van der Waals surface area contributed by atoms with Crippen LogP contribution in [0.5, 0.6) is 0 Å². The van der Waals surface area contributed by atoms with Gasteiger partial charge in [0.25, 0.3) is 0 Å². The second-order valence-electron chi connectivity index (χ2n) is 4.05. The lowest BCUT2D eigenvalue weighted by Crippen LogP contribution is -1.90. The third-order valence-corrected chi connectivity index (χ3v) is 2.82. The van der Waals surface area contributed by atoms with Crippen molar-refractivity contribution in [2.45, 2.75) is 19.3 Å². The van der Waals surface area contributed by atoms with E-state index >= 15 is 0 Å². The predicted molar refractivity (Wildman–Crippen MR) is 68.2 cm³/mol. The van der Waals surface area contributed by atoms with Crippen molar-refractivity contribution in [1.29, 1.82) is 0 Å². The SMILES string of the molecule is [CH2]OCCCCc1ccc2ccccc2c1. The second kappa shape index (κ2) is 5.66. The Balaban J connectivity index is 2.02. The molecule has 2 aromatic rings. The van der Waals surface area contributed by atoms with Crippen LogP contribution in [0.25, 0.3) is 10.8 Å². The number of benzene rings is 2. The molecular weight excluding hydrogens is 196 g/mol. The summed E-state index contributed by atoms with van der Waals surface area (Å²) in [6, 6.07) is 15.2. The van der Waals surface area contributed by atoms with Crippen molar-refractivity contribution in [3.63, 3.8) is 0 Å². The topological polar surface area (TPSA) is 9.23 Å². The van der Waals surface area contributed by atoms with Crippen LogP contribution in [0.1, 0.15) is 18.4 Å². The minimum atomic E-state index is 0.758. The Labute approximate surface area is 97.1 Å². The molecule has 0 unspecified atom stereocenters. The first-order valence-corrected chi connectivity index (χ1v) is 5.75. The van der Waals surface area contributed by atoms with Crippen molar-refractivity contribution in [2.75, 3.05) is 6.61 Å². The molecule has 1 nitrogen and oxygen atoms in total. The monoisotopic (exact) mass is 213 g/mol. The fraction of sp³-hybridized carbons (Fsp3) is 0.267. The number of ether oxygens (including phenoxy) is 1. The molecule has 0 heterocycles. The number of unbranched alkanes of at least 4 members (excludes halogenated alkanes) is 1. The van der Waals surface area contributed by atoms with Crippen LogP contribution in [0.2, 0.25) is 0 Å². The number of fused-ring (bicyclic) bond motifs is 1. The summed E-state index contributed by atoms with van der Waals surface area (Å²) in [6.45, 7) is 0.758. The van der Waals surface area contributed by atoms with E-state index in [2.05, 4.69) is 49.6 Å². The van der Waals surface area contributed by atoms with Crippen molar-refractivity contribution in [1.82, 2.24) is 0 Å². The smallest absolute Gasteiger partial charge is 0.0700 e. The molecule has 0 fully saturated rings. The molecule has 83 valence electrons. The van der Waals surface area contributed by atoms with Crippen molar-refractivity contribution >= 4 is 10.8 Å². The Kier molecular flexibility index (Phi) is 3.95. The van der Waals surface area contributed by atoms with Gasteiger partial charge in [0.15, 0.2) is 0 Å². The van der Waals surface area contributed by atoms with Gasteiger partial charge in [-0.25, -0.2) is 0 Å². The molecule has 0 amide bonds. The molecule has 16 heavy (non-hydrogen) atoms. The average molecular weight is 213 g/mol. The van der Waals surface area contributed by atoms with E-state index < -0.39 is 0 Å². The zero-order chi connectivity index (χ0) is 11.2. The van der Waals surface area contributed by atoms with Gasteiger partial charge in [0.05, 0.1) is 7.11 Å². The van der Waals surface area contributed by atoms with Crippen LogP contribution in [0.4, 0.5) is 0 Å². The molecule has 0 aliphatic carbocycles. The largest absolute Gasteiger partial charge is 0.379 e. The quantitative estimate of drug-likeness (QED) is 0.683. The molecule has 0 bridgehead atoms. The second-order valence-corrected chi connectivity index (χ2v) is 4.05. The summed E-state index contributed by atoms with van der Waals surface area (Å²) in [5.41, 5.74) is 1.41. The van der Waals surface area contributed by atoms with Crippen molar-refractivity contribution in [2.24, 2.45) is 0 Å². The zero-order valence-corrected chi connectivity index (χ0v) is 9.49. The molecule has 0 aliphatic heterocycles. The predicted octanol–water partition coefficient (Wildman–Crippen LogP) is 3.97. The fourth-order valence-electron chi connectivity index (χ4n) is 1.93. The Morgan fingerprint density at radius 1 is 0.938 bits per heavy atom. The van der Waals surface area contributed by atoms with Gasteiger partial charge in [-0.05, 0) is 35.6 Å². The van der Waals surface area contributed by atoms with Gasteiger partial charge < -0.3 is 4.74 Å². The maximum Gasteiger partial charge on any atom is 0.0700 e. The fourth-order valence-corrected chi connectivity index (χ4v) is 1.93. The molecule has 0 atom stereocenters. The van der Waals surface area contributed by atoms with E-state index in [9.17, 15) is 0 Å². The first kappa shape index (κ1) is 11.2. The third kappa shape index (κ3) is 2.83. The third-order valence-electron chi connectivity index (χ3n) is 2.82. The molecule has 2 aromatic carbocycles. The molecule has 1 radical (unpaired) electrons. The lowest BCUT2D eigenvalue weighted by molar-refractivity contribution is 0.235. The maximum absolute atomic E-state index is 4.80. The summed E-state index contributed by atoms with van der Waals surface area (Å²) in [7, 11) is 3.37. The van der Waals surface area contributed by atoms with Gasteiger partial charge in [0.2, 0.25) is 0 Å². The summed E-state index contributed by atoms with van der Waals surface area (Å²) < 4.78 is 4.80. The lowest BCUT2D eigenvalue weighted by atomic mass is 10.0. The molecule has 0 saturated heterocycles. The standard InChI is InChI=1S/C15H17O/c1-16-11-5-4-6-13-9-10-14-7-2-3-8-15(14)12-13/h2-3,7-10,12H,1,4-6,11H2. The van der Waals surface area contributed by atoms with E-state index in [-0.39, 0.29) is 0 Å². The normalized spacial score (nSPS) is 10.8. The summed E-state index contributed by atoms with van der Waals surface area (Å²) in [5, 5.41) is 2.64. The molecule has 0 aromatic heterocycles. The molecule has 0 N–H and O–H groups in total. The van der Waals surface area contributed by atoms with Crippen LogP contribution in [0.15, 0.2) is 42.5 Å². The van der Waals surface area contributed by atoms with Gasteiger partial charge >= 0.3 is 0 Å². The number of aryl methyl sites for hydroxylation is 1. The van der Waals surface area contributed by atoms with Gasteiger partial charge in [0.1, 0.15) is 0 Å².